The number of halogens is 1. The van der Waals surface area contributed by atoms with Gasteiger partial charge in [-0.2, -0.15) is 5.26 Å². The van der Waals surface area contributed by atoms with Gasteiger partial charge in [0, 0.05) is 5.56 Å². The first kappa shape index (κ1) is 21.3. The van der Waals surface area contributed by atoms with Gasteiger partial charge in [0.1, 0.15) is 6.61 Å². The molecule has 0 amide bonds. The smallest absolute Gasteiger partial charge is 0.338 e. The predicted molar refractivity (Wildman–Crippen MR) is 118 cm³/mol. The molecule has 0 aliphatic heterocycles. The molecule has 0 aliphatic rings. The van der Waals surface area contributed by atoms with Crippen LogP contribution in [0.15, 0.2) is 40.9 Å². The normalized spacial score (nSPS) is 10.7. The van der Waals surface area contributed by atoms with Gasteiger partial charge in [-0.25, -0.2) is 0 Å². The molecule has 3 rings (SSSR count). The van der Waals surface area contributed by atoms with E-state index in [1.807, 2.05) is 18.2 Å². The number of rotatable bonds is 7. The maximum atomic E-state index is 11.2. The van der Waals surface area contributed by atoms with Crippen molar-refractivity contribution in [2.75, 3.05) is 7.11 Å². The standard InChI is InChI=1S/C21H16IN3O5/c1-13-20(25(26)27)18(30-24-13)8-7-14-9-17(22)21(19(10-14)28-2)29-12-16-6-4-3-5-15(16)11-23/h3-10H,12H2,1-2H3. The highest BCUT2D eigenvalue weighted by atomic mass is 127. The molecular formula is C21H16IN3O5. The van der Waals surface area contributed by atoms with Crippen LogP contribution in [0, 0.1) is 31.9 Å². The maximum absolute atomic E-state index is 11.2. The number of ether oxygens (including phenoxy) is 2. The Hall–Kier alpha value is -3.39. The minimum absolute atomic E-state index is 0.0694. The van der Waals surface area contributed by atoms with Gasteiger partial charge in [-0.3, -0.25) is 10.1 Å². The van der Waals surface area contributed by atoms with E-state index in [1.165, 1.54) is 20.1 Å². The van der Waals surface area contributed by atoms with Crippen molar-refractivity contribution in [1.29, 1.82) is 5.26 Å². The minimum Gasteiger partial charge on any atom is -0.493 e. The fourth-order valence-corrected chi connectivity index (χ4v) is 3.55. The van der Waals surface area contributed by atoms with Crippen LogP contribution < -0.4 is 9.47 Å². The second-order valence-electron chi connectivity index (χ2n) is 6.16. The van der Waals surface area contributed by atoms with Gasteiger partial charge in [0.25, 0.3) is 0 Å². The van der Waals surface area contributed by atoms with Gasteiger partial charge in [-0.15, -0.1) is 0 Å². The van der Waals surface area contributed by atoms with Crippen LogP contribution in [0.2, 0.25) is 0 Å². The summed E-state index contributed by atoms with van der Waals surface area (Å²) in [5.41, 5.74) is 2.12. The number of methoxy groups -OCH3 is 1. The monoisotopic (exact) mass is 517 g/mol. The van der Waals surface area contributed by atoms with Crippen LogP contribution in [0.5, 0.6) is 11.5 Å². The third kappa shape index (κ3) is 4.60. The average molecular weight is 517 g/mol. The van der Waals surface area contributed by atoms with E-state index < -0.39 is 4.92 Å². The highest BCUT2D eigenvalue weighted by molar-refractivity contribution is 14.1. The van der Waals surface area contributed by atoms with E-state index >= 15 is 0 Å². The summed E-state index contributed by atoms with van der Waals surface area (Å²) < 4.78 is 17.2. The second-order valence-corrected chi connectivity index (χ2v) is 7.33. The van der Waals surface area contributed by atoms with Crippen LogP contribution in [0.1, 0.15) is 28.1 Å². The highest BCUT2D eigenvalue weighted by Gasteiger charge is 2.22. The summed E-state index contributed by atoms with van der Waals surface area (Å²) in [6.45, 7) is 1.73. The van der Waals surface area contributed by atoms with Crippen LogP contribution >= 0.6 is 22.6 Å². The second kappa shape index (κ2) is 9.41. The molecule has 152 valence electrons. The fraction of sp³-hybridized carbons (Fsp3) is 0.143. The number of aromatic nitrogens is 1. The SMILES string of the molecule is COc1cc(C=Cc2onc(C)c2[N+](=O)[O-])cc(I)c1OCc1ccccc1C#N. The van der Waals surface area contributed by atoms with E-state index in [2.05, 4.69) is 33.8 Å². The van der Waals surface area contributed by atoms with Gasteiger partial charge in [-0.1, -0.05) is 29.4 Å². The van der Waals surface area contributed by atoms with Crippen LogP contribution in [0.4, 0.5) is 5.69 Å². The van der Waals surface area contributed by atoms with Gasteiger partial charge < -0.3 is 14.0 Å². The first-order chi connectivity index (χ1) is 14.4. The molecule has 2 aromatic carbocycles. The molecule has 0 spiro atoms. The van der Waals surface area contributed by atoms with Crippen LogP contribution in [-0.4, -0.2) is 17.2 Å². The third-order valence-corrected chi connectivity index (χ3v) is 5.03. The lowest BCUT2D eigenvalue weighted by atomic mass is 10.1. The molecule has 30 heavy (non-hydrogen) atoms. The van der Waals surface area contributed by atoms with Crippen molar-refractivity contribution in [3.63, 3.8) is 0 Å². The summed E-state index contributed by atoms with van der Waals surface area (Å²) in [6, 6.07) is 13.0. The van der Waals surface area contributed by atoms with E-state index in [-0.39, 0.29) is 23.7 Å². The molecule has 0 bridgehead atoms. The molecule has 3 aromatic rings. The number of benzene rings is 2. The Morgan fingerprint density at radius 2 is 2.10 bits per heavy atom. The number of nitrogens with zero attached hydrogens (tertiary/aromatic N) is 3. The number of aryl methyl sites for hydroxylation is 1. The van der Waals surface area contributed by atoms with Gasteiger partial charge in [0.15, 0.2) is 17.2 Å². The molecule has 0 saturated carbocycles. The van der Waals surface area contributed by atoms with Crippen molar-refractivity contribution in [3.05, 3.63) is 78.2 Å². The number of hydrogen-bond donors (Lipinski definition) is 0. The average Bonchev–Trinajstić information content (AvgIpc) is 3.11. The Morgan fingerprint density at radius 1 is 1.33 bits per heavy atom. The van der Waals surface area contributed by atoms with Crippen LogP contribution in [0.3, 0.4) is 0 Å². The Morgan fingerprint density at radius 3 is 2.80 bits per heavy atom. The summed E-state index contributed by atoms with van der Waals surface area (Å²) in [6.07, 6.45) is 3.17. The van der Waals surface area contributed by atoms with Crippen molar-refractivity contribution < 1.29 is 18.9 Å². The number of nitro groups is 1. The molecule has 0 radical (unpaired) electrons. The zero-order valence-corrected chi connectivity index (χ0v) is 18.2. The Kier molecular flexibility index (Phi) is 6.68. The Balaban J connectivity index is 1.86. The molecular weight excluding hydrogens is 501 g/mol. The van der Waals surface area contributed by atoms with Crippen molar-refractivity contribution in [2.24, 2.45) is 0 Å². The van der Waals surface area contributed by atoms with Crippen LogP contribution in [0.25, 0.3) is 12.2 Å². The van der Waals surface area contributed by atoms with Crippen LogP contribution in [-0.2, 0) is 6.61 Å². The zero-order chi connectivity index (χ0) is 21.7. The van der Waals surface area contributed by atoms with Crippen molar-refractivity contribution >= 4 is 40.4 Å². The van der Waals surface area contributed by atoms with Gasteiger partial charge >= 0.3 is 5.69 Å². The van der Waals surface area contributed by atoms with Crippen molar-refractivity contribution in [1.82, 2.24) is 5.16 Å². The van der Waals surface area contributed by atoms with E-state index in [4.69, 9.17) is 14.0 Å². The third-order valence-electron chi connectivity index (χ3n) is 4.23. The first-order valence-electron chi connectivity index (χ1n) is 8.71. The summed E-state index contributed by atoms with van der Waals surface area (Å²) in [4.78, 5) is 10.6. The fourth-order valence-electron chi connectivity index (χ4n) is 2.77. The minimum atomic E-state index is -0.522. The number of nitriles is 1. The summed E-state index contributed by atoms with van der Waals surface area (Å²) in [5, 5.41) is 24.0. The Labute approximate surface area is 186 Å². The molecule has 0 aliphatic carbocycles. The molecule has 8 nitrogen and oxygen atoms in total. The molecule has 9 heteroatoms. The lowest BCUT2D eigenvalue weighted by molar-refractivity contribution is -0.386. The quantitative estimate of drug-likeness (QED) is 0.243. The van der Waals surface area contributed by atoms with Crippen molar-refractivity contribution in [3.8, 4) is 17.6 Å². The van der Waals surface area contributed by atoms with Gasteiger partial charge in [0.05, 0.1) is 27.2 Å². The topological polar surface area (TPSA) is 111 Å². The van der Waals surface area contributed by atoms with Gasteiger partial charge in [-0.05, 0) is 59.4 Å². The molecule has 1 aromatic heterocycles. The Bertz CT molecular complexity index is 1160. The molecule has 1 heterocycles. The van der Waals surface area contributed by atoms with Crippen molar-refractivity contribution in [2.45, 2.75) is 13.5 Å². The van der Waals surface area contributed by atoms with E-state index in [0.29, 0.717) is 17.1 Å². The van der Waals surface area contributed by atoms with E-state index in [0.717, 1.165) is 14.7 Å². The van der Waals surface area contributed by atoms with E-state index in [9.17, 15) is 15.4 Å². The predicted octanol–water partition coefficient (Wildman–Crippen LogP) is 5.13. The highest BCUT2D eigenvalue weighted by Crippen LogP contribution is 2.35. The lowest BCUT2D eigenvalue weighted by Gasteiger charge is -2.14. The number of hydrogen-bond acceptors (Lipinski definition) is 7. The first-order valence-corrected chi connectivity index (χ1v) is 9.79. The largest absolute Gasteiger partial charge is 0.493 e. The summed E-state index contributed by atoms with van der Waals surface area (Å²) >= 11 is 2.12. The molecule has 0 fully saturated rings. The molecule has 0 unspecified atom stereocenters. The molecule has 0 N–H and O–H groups in total. The molecule has 0 atom stereocenters. The zero-order valence-electron chi connectivity index (χ0n) is 16.1. The summed E-state index contributed by atoms with van der Waals surface area (Å²) in [5.74, 6) is 1.11. The lowest BCUT2D eigenvalue weighted by Crippen LogP contribution is -2.01. The summed E-state index contributed by atoms with van der Waals surface area (Å²) in [7, 11) is 1.53. The molecule has 0 saturated heterocycles. The van der Waals surface area contributed by atoms with Gasteiger partial charge in [0.2, 0.25) is 5.76 Å². The van der Waals surface area contributed by atoms with E-state index in [1.54, 1.807) is 24.3 Å². The maximum Gasteiger partial charge on any atom is 0.338 e.